The minimum Gasteiger partial charge on any atom is -0.490 e. The van der Waals surface area contributed by atoms with Crippen LogP contribution in [0.1, 0.15) is 57.4 Å². The van der Waals surface area contributed by atoms with Crippen LogP contribution in [0, 0.1) is 0 Å². The van der Waals surface area contributed by atoms with E-state index >= 15 is 0 Å². The number of likely N-dealkylation sites (N-methyl/N-ethyl adjacent to an activating group) is 1. The number of anilines is 1. The summed E-state index contributed by atoms with van der Waals surface area (Å²) in [5.41, 5.74) is 1.23. The number of nitrogens with zero attached hydrogens (tertiary/aromatic N) is 2. The number of amides is 1. The molecule has 2 aromatic rings. The maximum Gasteiger partial charge on any atom is 0.508 e. The lowest BCUT2D eigenvalue weighted by Crippen LogP contribution is -2.28. The van der Waals surface area contributed by atoms with Crippen molar-refractivity contribution in [3.8, 4) is 0 Å². The molecule has 8 nitrogen and oxygen atoms in total. The van der Waals surface area contributed by atoms with Crippen LogP contribution in [0.5, 0.6) is 0 Å². The molecule has 1 aromatic heterocycles. The van der Waals surface area contributed by atoms with E-state index in [1.807, 2.05) is 37.4 Å². The minimum absolute atomic E-state index is 0.171. The quantitative estimate of drug-likeness (QED) is 0.180. The molecule has 0 aliphatic carbocycles. The van der Waals surface area contributed by atoms with Crippen molar-refractivity contribution in [3.63, 3.8) is 0 Å². The van der Waals surface area contributed by atoms with Gasteiger partial charge in [-0.3, -0.25) is 4.79 Å². The number of aromatic nitrogens is 1. The fourth-order valence-electron chi connectivity index (χ4n) is 3.67. The van der Waals surface area contributed by atoms with Crippen LogP contribution in [0.25, 0.3) is 5.76 Å². The van der Waals surface area contributed by atoms with Crippen molar-refractivity contribution < 1.29 is 23.8 Å². The Kier molecular flexibility index (Phi) is 11.4. The third-order valence-electron chi connectivity index (χ3n) is 5.49. The van der Waals surface area contributed by atoms with Gasteiger partial charge in [0, 0.05) is 30.1 Å². The second-order valence-electron chi connectivity index (χ2n) is 8.35. The second-order valence-corrected chi connectivity index (χ2v) is 9.52. The van der Waals surface area contributed by atoms with Crippen molar-refractivity contribution in [1.29, 1.82) is 0 Å². The number of ether oxygens (including phenoxy) is 3. The molecule has 0 bridgehead atoms. The predicted molar refractivity (Wildman–Crippen MR) is 141 cm³/mol. The summed E-state index contributed by atoms with van der Waals surface area (Å²) in [6, 6.07) is 13.1. The predicted octanol–water partition coefficient (Wildman–Crippen LogP) is 6.26. The lowest BCUT2D eigenvalue weighted by molar-refractivity contribution is -0.113. The number of unbranched alkanes of at least 4 members (excludes halogenated alkanes) is 5. The van der Waals surface area contributed by atoms with E-state index in [0.29, 0.717) is 30.3 Å². The number of hydrogen-bond acceptors (Lipinski definition) is 8. The van der Waals surface area contributed by atoms with Crippen molar-refractivity contribution in [2.45, 2.75) is 56.8 Å². The molecule has 9 heteroatoms. The third kappa shape index (κ3) is 8.48. The Labute approximate surface area is 217 Å². The van der Waals surface area contributed by atoms with Crippen LogP contribution < -0.4 is 5.32 Å². The van der Waals surface area contributed by atoms with Gasteiger partial charge in [0.2, 0.25) is 0 Å². The zero-order chi connectivity index (χ0) is 25.6. The van der Waals surface area contributed by atoms with Crippen LogP contribution in [-0.4, -0.2) is 48.2 Å². The first-order chi connectivity index (χ1) is 17.6. The molecule has 1 aliphatic heterocycles. The number of pyridine rings is 1. The zero-order valence-electron chi connectivity index (χ0n) is 21.0. The zero-order valence-corrected chi connectivity index (χ0v) is 21.9. The molecule has 0 unspecified atom stereocenters. The highest BCUT2D eigenvalue weighted by Crippen LogP contribution is 2.40. The summed E-state index contributed by atoms with van der Waals surface area (Å²) in [7, 11) is 1.82. The largest absolute Gasteiger partial charge is 0.508 e. The molecule has 1 amide bonds. The standard InChI is InChI=1S/C27H35N3O5S/c1-3-4-5-6-7-12-18-34-27(32)35-20-13-19-33-25-21-14-8-9-15-22(21)36-30(2)24(25)26(31)29-23-16-10-11-17-28-23/h8-11,14-17H,3-7,12-13,18-20H2,1-2H3,(H,28,29,31). The summed E-state index contributed by atoms with van der Waals surface area (Å²) in [6.07, 6.45) is 8.19. The van der Waals surface area contributed by atoms with E-state index < -0.39 is 6.16 Å². The maximum atomic E-state index is 13.1. The van der Waals surface area contributed by atoms with Crippen LogP contribution >= 0.6 is 11.9 Å². The Hall–Kier alpha value is -3.20. The van der Waals surface area contributed by atoms with Crippen molar-refractivity contribution >= 4 is 35.6 Å². The van der Waals surface area contributed by atoms with Gasteiger partial charge in [-0.2, -0.15) is 0 Å². The molecule has 1 aromatic carbocycles. The summed E-state index contributed by atoms with van der Waals surface area (Å²) in [5, 5.41) is 2.83. The number of rotatable bonds is 14. The van der Waals surface area contributed by atoms with Gasteiger partial charge in [-0.05, 0) is 42.6 Å². The van der Waals surface area contributed by atoms with Gasteiger partial charge >= 0.3 is 6.16 Å². The minimum atomic E-state index is -0.655. The van der Waals surface area contributed by atoms with E-state index in [-0.39, 0.29) is 19.1 Å². The van der Waals surface area contributed by atoms with Crippen LogP contribution in [0.15, 0.2) is 59.3 Å². The van der Waals surface area contributed by atoms with E-state index in [1.54, 1.807) is 22.6 Å². The molecule has 1 aliphatic rings. The molecular formula is C27H35N3O5S. The van der Waals surface area contributed by atoms with E-state index in [9.17, 15) is 9.59 Å². The summed E-state index contributed by atoms with van der Waals surface area (Å²) in [4.78, 5) is 30.1. The van der Waals surface area contributed by atoms with Gasteiger partial charge in [-0.1, -0.05) is 57.2 Å². The molecule has 0 atom stereocenters. The molecule has 0 radical (unpaired) electrons. The van der Waals surface area contributed by atoms with Crippen LogP contribution in [-0.2, 0) is 19.0 Å². The Bertz CT molecular complexity index is 1020. The first kappa shape index (κ1) is 27.4. The molecule has 0 saturated heterocycles. The van der Waals surface area contributed by atoms with Crippen LogP contribution in [0.4, 0.5) is 10.6 Å². The van der Waals surface area contributed by atoms with E-state index in [2.05, 4.69) is 17.2 Å². The third-order valence-corrected chi connectivity index (χ3v) is 6.50. The number of nitrogens with one attached hydrogen (secondary N) is 1. The smallest absolute Gasteiger partial charge is 0.490 e. The van der Waals surface area contributed by atoms with Gasteiger partial charge in [-0.15, -0.1) is 0 Å². The van der Waals surface area contributed by atoms with Crippen molar-refractivity contribution in [2.75, 3.05) is 32.2 Å². The number of carbonyl (C=O) groups is 2. The van der Waals surface area contributed by atoms with E-state index in [1.165, 1.54) is 31.2 Å². The van der Waals surface area contributed by atoms with Crippen LogP contribution in [0.2, 0.25) is 0 Å². The fourth-order valence-corrected chi connectivity index (χ4v) is 4.62. The summed E-state index contributed by atoms with van der Waals surface area (Å²) >= 11 is 1.45. The lowest BCUT2D eigenvalue weighted by Gasteiger charge is -2.29. The van der Waals surface area contributed by atoms with Gasteiger partial charge in [0.1, 0.15) is 5.82 Å². The summed E-state index contributed by atoms with van der Waals surface area (Å²) in [6.45, 7) is 3.01. The number of carbonyl (C=O) groups excluding carboxylic acids is 2. The molecular weight excluding hydrogens is 478 g/mol. The van der Waals surface area contributed by atoms with Crippen molar-refractivity contribution in [1.82, 2.24) is 9.29 Å². The summed E-state index contributed by atoms with van der Waals surface area (Å²) < 4.78 is 18.2. The number of benzene rings is 1. The Morgan fingerprint density at radius 1 is 0.917 bits per heavy atom. The van der Waals surface area contributed by atoms with Gasteiger partial charge in [-0.25, -0.2) is 9.78 Å². The summed E-state index contributed by atoms with van der Waals surface area (Å²) in [5.74, 6) is 0.619. The topological polar surface area (TPSA) is 90.0 Å². The second kappa shape index (κ2) is 15.0. The Balaban J connectivity index is 1.51. The van der Waals surface area contributed by atoms with Gasteiger partial charge < -0.3 is 23.8 Å². The molecule has 36 heavy (non-hydrogen) atoms. The molecule has 1 N–H and O–H groups in total. The van der Waals surface area contributed by atoms with E-state index in [4.69, 9.17) is 14.2 Å². The van der Waals surface area contributed by atoms with Gasteiger partial charge in [0.05, 0.1) is 19.8 Å². The molecule has 0 spiro atoms. The number of fused-ring (bicyclic) bond motifs is 1. The normalized spacial score (nSPS) is 12.7. The fraction of sp³-hybridized carbons (Fsp3) is 0.444. The first-order valence-electron chi connectivity index (χ1n) is 12.5. The maximum absolute atomic E-state index is 13.1. The highest BCUT2D eigenvalue weighted by molar-refractivity contribution is 7.97. The van der Waals surface area contributed by atoms with Gasteiger partial charge in [0.15, 0.2) is 11.5 Å². The van der Waals surface area contributed by atoms with Crippen molar-refractivity contribution in [3.05, 3.63) is 59.9 Å². The average Bonchev–Trinajstić information content (AvgIpc) is 2.88. The molecule has 2 heterocycles. The molecule has 0 fully saturated rings. The highest BCUT2D eigenvalue weighted by Gasteiger charge is 2.30. The molecule has 194 valence electrons. The van der Waals surface area contributed by atoms with Crippen molar-refractivity contribution in [2.24, 2.45) is 0 Å². The lowest BCUT2D eigenvalue weighted by atomic mass is 10.1. The van der Waals surface area contributed by atoms with E-state index in [0.717, 1.165) is 29.7 Å². The highest BCUT2D eigenvalue weighted by atomic mass is 32.2. The Morgan fingerprint density at radius 3 is 2.42 bits per heavy atom. The first-order valence-corrected chi connectivity index (χ1v) is 13.3. The number of hydrogen-bond donors (Lipinski definition) is 1. The molecule has 3 rings (SSSR count). The van der Waals surface area contributed by atoms with Crippen LogP contribution in [0.3, 0.4) is 0 Å². The SMILES string of the molecule is CCCCCCCCOC(=O)OCCCOC1=C(C(=O)Nc2ccccn2)N(C)Sc2ccccc21. The van der Waals surface area contributed by atoms with Gasteiger partial charge in [0.25, 0.3) is 5.91 Å². The average molecular weight is 514 g/mol. The monoisotopic (exact) mass is 513 g/mol. The Morgan fingerprint density at radius 2 is 1.64 bits per heavy atom. The molecule has 0 saturated carbocycles.